The lowest BCUT2D eigenvalue weighted by Gasteiger charge is -2.08. The van der Waals surface area contributed by atoms with Crippen molar-refractivity contribution in [1.29, 1.82) is 0 Å². The average molecular weight is 278 g/mol. The van der Waals surface area contributed by atoms with Crippen molar-refractivity contribution in [2.45, 2.75) is 12.8 Å². The molecule has 1 aliphatic carbocycles. The van der Waals surface area contributed by atoms with Crippen LogP contribution in [0.4, 0.5) is 0 Å². The lowest BCUT2D eigenvalue weighted by atomic mass is 9.95. The Morgan fingerprint density at radius 3 is 2.33 bits per heavy atom. The molecular weight excluding hydrogens is 264 g/mol. The molecule has 2 aromatic carbocycles. The monoisotopic (exact) mass is 278 g/mol. The van der Waals surface area contributed by atoms with Crippen LogP contribution in [0.3, 0.4) is 0 Å². The summed E-state index contributed by atoms with van der Waals surface area (Å²) in [6, 6.07) is 13.5. The minimum atomic E-state index is -0.247. The summed E-state index contributed by atoms with van der Waals surface area (Å²) in [5, 5.41) is 0. The first kappa shape index (κ1) is 12.1. The first-order valence-electron chi connectivity index (χ1n) is 7.04. The minimum Gasteiger partial charge on any atom is -0.306 e. The quantitative estimate of drug-likeness (QED) is 0.707. The number of fused-ring (bicyclic) bond motifs is 2. The number of H-pyrrole nitrogens is 2. The van der Waals surface area contributed by atoms with Crippen LogP contribution in [0.1, 0.15) is 21.5 Å². The van der Waals surface area contributed by atoms with Crippen molar-refractivity contribution < 1.29 is 4.79 Å². The maximum Gasteiger partial charge on any atom is 0.323 e. The molecule has 1 aromatic heterocycles. The van der Waals surface area contributed by atoms with Gasteiger partial charge in [0, 0.05) is 11.5 Å². The molecule has 4 nitrogen and oxygen atoms in total. The fourth-order valence-electron chi connectivity index (χ4n) is 3.17. The van der Waals surface area contributed by atoms with Crippen molar-refractivity contribution in [3.8, 4) is 0 Å². The topological polar surface area (TPSA) is 65.7 Å². The summed E-state index contributed by atoms with van der Waals surface area (Å²) in [5.74, 6) is 0.153. The number of nitrogens with one attached hydrogen (secondary N) is 2. The lowest BCUT2D eigenvalue weighted by Crippen LogP contribution is -2.14. The van der Waals surface area contributed by atoms with Crippen LogP contribution in [0.25, 0.3) is 11.0 Å². The third kappa shape index (κ3) is 2.00. The maximum absolute atomic E-state index is 12.7. The van der Waals surface area contributed by atoms with Crippen molar-refractivity contribution in [2.24, 2.45) is 5.92 Å². The molecule has 1 aliphatic rings. The summed E-state index contributed by atoms with van der Waals surface area (Å²) in [6.07, 6.45) is 1.60. The Kier molecular flexibility index (Phi) is 2.57. The van der Waals surface area contributed by atoms with Crippen molar-refractivity contribution in [1.82, 2.24) is 9.97 Å². The number of carbonyl (C=O) groups excluding carboxylic acids is 1. The Hall–Kier alpha value is -2.62. The van der Waals surface area contributed by atoms with Gasteiger partial charge in [0.2, 0.25) is 0 Å². The van der Waals surface area contributed by atoms with E-state index in [1.54, 1.807) is 18.2 Å². The zero-order chi connectivity index (χ0) is 14.4. The zero-order valence-electron chi connectivity index (χ0n) is 11.3. The van der Waals surface area contributed by atoms with Crippen LogP contribution in [0.15, 0.2) is 47.3 Å². The highest BCUT2D eigenvalue weighted by Gasteiger charge is 2.27. The van der Waals surface area contributed by atoms with Gasteiger partial charge in [-0.25, -0.2) is 4.79 Å². The van der Waals surface area contributed by atoms with Gasteiger partial charge < -0.3 is 9.97 Å². The molecule has 3 aromatic rings. The maximum atomic E-state index is 12.7. The Labute approximate surface area is 120 Å². The standard InChI is InChI=1S/C17H14N2O2/c20-16(13-7-10-3-1-2-4-11(10)8-13)12-5-6-14-15(9-12)19-17(21)18-14/h1-6,9,13H,7-8H2,(H2,18,19,21). The van der Waals surface area contributed by atoms with E-state index >= 15 is 0 Å². The molecular formula is C17H14N2O2. The highest BCUT2D eigenvalue weighted by Crippen LogP contribution is 2.29. The summed E-state index contributed by atoms with van der Waals surface area (Å²) in [7, 11) is 0. The van der Waals surface area contributed by atoms with E-state index in [9.17, 15) is 9.59 Å². The molecule has 21 heavy (non-hydrogen) atoms. The van der Waals surface area contributed by atoms with E-state index in [4.69, 9.17) is 0 Å². The van der Waals surface area contributed by atoms with Crippen LogP contribution in [-0.2, 0) is 12.8 Å². The molecule has 0 saturated heterocycles. The molecule has 1 heterocycles. The smallest absolute Gasteiger partial charge is 0.306 e. The molecule has 4 heteroatoms. The number of imidazole rings is 1. The first-order chi connectivity index (χ1) is 10.2. The first-order valence-corrected chi connectivity index (χ1v) is 7.04. The second-order valence-electron chi connectivity index (χ2n) is 5.58. The van der Waals surface area contributed by atoms with Gasteiger partial charge >= 0.3 is 5.69 Å². The molecule has 0 spiro atoms. The second-order valence-corrected chi connectivity index (χ2v) is 5.58. The van der Waals surface area contributed by atoms with E-state index in [1.165, 1.54) is 11.1 Å². The van der Waals surface area contributed by atoms with E-state index in [0.717, 1.165) is 18.4 Å². The number of hydrogen-bond donors (Lipinski definition) is 2. The van der Waals surface area contributed by atoms with Gasteiger partial charge in [-0.2, -0.15) is 0 Å². The molecule has 0 atom stereocenters. The van der Waals surface area contributed by atoms with E-state index < -0.39 is 0 Å². The number of ketones is 1. The van der Waals surface area contributed by atoms with Crippen LogP contribution >= 0.6 is 0 Å². The second kappa shape index (κ2) is 4.45. The normalized spacial score (nSPS) is 14.5. The number of rotatable bonds is 2. The molecule has 0 amide bonds. The predicted molar refractivity (Wildman–Crippen MR) is 80.6 cm³/mol. The lowest BCUT2D eigenvalue weighted by molar-refractivity contribution is 0.0925. The predicted octanol–water partition coefficient (Wildman–Crippen LogP) is 2.45. The van der Waals surface area contributed by atoms with Crippen LogP contribution < -0.4 is 5.69 Å². The van der Waals surface area contributed by atoms with E-state index in [-0.39, 0.29) is 17.4 Å². The van der Waals surface area contributed by atoms with Crippen molar-refractivity contribution in [3.05, 3.63) is 69.6 Å². The minimum absolute atomic E-state index is 0.00511. The van der Waals surface area contributed by atoms with Crippen molar-refractivity contribution >= 4 is 16.8 Å². The summed E-state index contributed by atoms with van der Waals surface area (Å²) >= 11 is 0. The van der Waals surface area contributed by atoms with Gasteiger partial charge in [0.15, 0.2) is 5.78 Å². The molecule has 0 unspecified atom stereocenters. The van der Waals surface area contributed by atoms with Crippen LogP contribution in [0.2, 0.25) is 0 Å². The van der Waals surface area contributed by atoms with Gasteiger partial charge in [0.1, 0.15) is 0 Å². The molecule has 0 aliphatic heterocycles. The number of carbonyl (C=O) groups is 1. The van der Waals surface area contributed by atoms with Gasteiger partial charge in [0.25, 0.3) is 0 Å². The summed E-state index contributed by atoms with van der Waals surface area (Å²) in [4.78, 5) is 29.3. The van der Waals surface area contributed by atoms with Crippen molar-refractivity contribution in [2.75, 3.05) is 0 Å². The highest BCUT2D eigenvalue weighted by molar-refractivity contribution is 6.01. The van der Waals surface area contributed by atoms with Crippen LogP contribution in [0.5, 0.6) is 0 Å². The fourth-order valence-corrected chi connectivity index (χ4v) is 3.17. The van der Waals surface area contributed by atoms with E-state index in [1.807, 2.05) is 12.1 Å². The number of Topliss-reactive ketones (excluding diaryl/α,β-unsaturated/α-hetero) is 1. The SMILES string of the molecule is O=C(c1ccc2[nH]c(=O)[nH]c2c1)C1Cc2ccccc2C1. The third-order valence-corrected chi connectivity index (χ3v) is 4.22. The molecule has 2 N–H and O–H groups in total. The van der Waals surface area contributed by atoms with Crippen molar-refractivity contribution in [3.63, 3.8) is 0 Å². The van der Waals surface area contributed by atoms with Gasteiger partial charge in [0.05, 0.1) is 11.0 Å². The Morgan fingerprint density at radius 2 is 1.62 bits per heavy atom. The van der Waals surface area contributed by atoms with E-state index in [0.29, 0.717) is 11.1 Å². The van der Waals surface area contributed by atoms with Gasteiger partial charge in [-0.05, 0) is 42.2 Å². The van der Waals surface area contributed by atoms with Gasteiger partial charge in [-0.1, -0.05) is 24.3 Å². The van der Waals surface area contributed by atoms with Crippen LogP contribution in [-0.4, -0.2) is 15.8 Å². The van der Waals surface area contributed by atoms with Crippen LogP contribution in [0, 0.1) is 5.92 Å². The zero-order valence-corrected chi connectivity index (χ0v) is 11.3. The molecule has 104 valence electrons. The molecule has 0 saturated carbocycles. The summed E-state index contributed by atoms with van der Waals surface area (Å²) in [5.41, 5.74) is 4.37. The fraction of sp³-hybridized carbons (Fsp3) is 0.176. The third-order valence-electron chi connectivity index (χ3n) is 4.22. The summed E-state index contributed by atoms with van der Waals surface area (Å²) < 4.78 is 0. The Morgan fingerprint density at radius 1 is 0.952 bits per heavy atom. The number of hydrogen-bond acceptors (Lipinski definition) is 2. The van der Waals surface area contributed by atoms with E-state index in [2.05, 4.69) is 22.1 Å². The van der Waals surface area contributed by atoms with Gasteiger partial charge in [-0.15, -0.1) is 0 Å². The largest absolute Gasteiger partial charge is 0.323 e. The molecule has 0 fully saturated rings. The highest BCUT2D eigenvalue weighted by atomic mass is 16.1. The molecule has 4 rings (SSSR count). The molecule has 0 radical (unpaired) electrons. The molecule has 0 bridgehead atoms. The van der Waals surface area contributed by atoms with Gasteiger partial charge in [-0.3, -0.25) is 4.79 Å². The Bertz CT molecular complexity index is 879. The number of benzene rings is 2. The number of aromatic amines is 2. The summed E-state index contributed by atoms with van der Waals surface area (Å²) in [6.45, 7) is 0. The average Bonchev–Trinajstić information content (AvgIpc) is 3.07. The Balaban J connectivity index is 1.66. The number of aromatic nitrogens is 2.